The molecule has 0 amide bonds. The van der Waals surface area contributed by atoms with Crippen LogP contribution in [0.4, 0.5) is 0 Å². The van der Waals surface area contributed by atoms with Crippen molar-refractivity contribution in [3.8, 4) is 16.8 Å². The van der Waals surface area contributed by atoms with E-state index in [2.05, 4.69) is 168 Å². The molecule has 45 heavy (non-hydrogen) atoms. The van der Waals surface area contributed by atoms with Crippen molar-refractivity contribution >= 4 is 53.3 Å². The van der Waals surface area contributed by atoms with Crippen molar-refractivity contribution in [2.24, 2.45) is 0 Å². The molecular formula is C43H27NS. The van der Waals surface area contributed by atoms with Crippen molar-refractivity contribution in [3.05, 3.63) is 186 Å². The zero-order valence-electron chi connectivity index (χ0n) is 24.4. The Kier molecular flexibility index (Phi) is 5.14. The second kappa shape index (κ2) is 9.28. The predicted octanol–water partition coefficient (Wildman–Crippen LogP) is 11.5. The van der Waals surface area contributed by atoms with Gasteiger partial charge in [-0.2, -0.15) is 0 Å². The third kappa shape index (κ3) is 3.27. The van der Waals surface area contributed by atoms with Gasteiger partial charge in [-0.1, -0.05) is 140 Å². The van der Waals surface area contributed by atoms with Crippen molar-refractivity contribution in [1.29, 1.82) is 0 Å². The van der Waals surface area contributed by atoms with E-state index in [4.69, 9.17) is 0 Å². The topological polar surface area (TPSA) is 4.93 Å². The summed E-state index contributed by atoms with van der Waals surface area (Å²) in [6.07, 6.45) is 0. The van der Waals surface area contributed by atoms with Gasteiger partial charge in [-0.15, -0.1) is 11.3 Å². The number of hydrogen-bond donors (Lipinski definition) is 0. The number of fused-ring (bicyclic) bond motifs is 10. The summed E-state index contributed by atoms with van der Waals surface area (Å²) in [6, 6.07) is 60.6. The van der Waals surface area contributed by atoms with Gasteiger partial charge in [-0.05, 0) is 57.6 Å². The Morgan fingerprint density at radius 1 is 0.422 bits per heavy atom. The molecule has 0 fully saturated rings. The average molecular weight is 590 g/mol. The Labute approximate surface area is 265 Å². The van der Waals surface area contributed by atoms with Gasteiger partial charge in [0.1, 0.15) is 0 Å². The van der Waals surface area contributed by atoms with Gasteiger partial charge in [0, 0.05) is 31.9 Å². The fourth-order valence-corrected chi connectivity index (χ4v) is 9.31. The van der Waals surface area contributed by atoms with Crippen LogP contribution in [0, 0.1) is 0 Å². The lowest BCUT2D eigenvalue weighted by molar-refractivity contribution is 0.768. The lowest BCUT2D eigenvalue weighted by Crippen LogP contribution is -2.28. The summed E-state index contributed by atoms with van der Waals surface area (Å²) in [5.74, 6) is 0. The van der Waals surface area contributed by atoms with Gasteiger partial charge in [0.25, 0.3) is 0 Å². The molecule has 0 bridgehead atoms. The highest BCUT2D eigenvalue weighted by Gasteiger charge is 2.45. The molecule has 0 aliphatic heterocycles. The first-order chi connectivity index (χ1) is 22.3. The Morgan fingerprint density at radius 3 is 1.76 bits per heavy atom. The van der Waals surface area contributed by atoms with E-state index in [0.717, 1.165) is 0 Å². The summed E-state index contributed by atoms with van der Waals surface area (Å²) in [6.45, 7) is 0. The number of para-hydroxylation sites is 1. The van der Waals surface area contributed by atoms with Gasteiger partial charge in [0.15, 0.2) is 0 Å². The molecule has 2 heterocycles. The number of rotatable bonds is 3. The van der Waals surface area contributed by atoms with Crippen LogP contribution in [-0.2, 0) is 5.41 Å². The number of aromatic nitrogens is 1. The van der Waals surface area contributed by atoms with Gasteiger partial charge in [0.05, 0.1) is 21.1 Å². The molecule has 0 radical (unpaired) electrons. The van der Waals surface area contributed by atoms with Crippen molar-refractivity contribution < 1.29 is 0 Å². The molecule has 1 aliphatic rings. The molecule has 0 unspecified atom stereocenters. The second-order valence-electron chi connectivity index (χ2n) is 12.0. The molecule has 1 nitrogen and oxygen atoms in total. The van der Waals surface area contributed by atoms with Crippen molar-refractivity contribution in [2.75, 3.05) is 0 Å². The van der Waals surface area contributed by atoms with E-state index in [-0.39, 0.29) is 0 Å². The number of benzene rings is 7. The molecule has 2 aromatic heterocycles. The Bertz CT molecular complexity index is 2540. The Hall–Kier alpha value is -5.44. The minimum Gasteiger partial charge on any atom is -0.308 e. The van der Waals surface area contributed by atoms with Crippen LogP contribution in [0.2, 0.25) is 0 Å². The van der Waals surface area contributed by atoms with Gasteiger partial charge in [0.2, 0.25) is 0 Å². The first-order valence-electron chi connectivity index (χ1n) is 15.5. The largest absolute Gasteiger partial charge is 0.308 e. The summed E-state index contributed by atoms with van der Waals surface area (Å²) in [4.78, 5) is 0. The minimum atomic E-state index is -0.396. The third-order valence-corrected chi connectivity index (χ3v) is 11.1. The normalized spacial score (nSPS) is 13.5. The average Bonchev–Trinajstić information content (AvgIpc) is 3.76. The van der Waals surface area contributed by atoms with Crippen LogP contribution in [0.25, 0.3) is 58.8 Å². The van der Waals surface area contributed by atoms with Crippen LogP contribution >= 0.6 is 11.3 Å². The predicted molar refractivity (Wildman–Crippen MR) is 191 cm³/mol. The monoisotopic (exact) mass is 589 g/mol. The summed E-state index contributed by atoms with van der Waals surface area (Å²) < 4.78 is 5.15. The van der Waals surface area contributed by atoms with Gasteiger partial charge >= 0.3 is 0 Å². The summed E-state index contributed by atoms with van der Waals surface area (Å²) in [5.41, 5.74) is 11.2. The SMILES string of the molecule is c1ccc(C2(c3ccc(-n4c5ccccc5c5ccc6c7ccccc7sc6c54)cc3)c3ccccc3-c3ccccc32)cc1. The highest BCUT2D eigenvalue weighted by atomic mass is 32.1. The first-order valence-corrected chi connectivity index (χ1v) is 16.3. The molecule has 210 valence electrons. The molecule has 0 spiro atoms. The van der Waals surface area contributed by atoms with E-state index in [1.165, 1.54) is 81.0 Å². The lowest BCUT2D eigenvalue weighted by Gasteiger charge is -2.34. The first kappa shape index (κ1) is 24.9. The van der Waals surface area contributed by atoms with Crippen molar-refractivity contribution in [3.63, 3.8) is 0 Å². The highest BCUT2D eigenvalue weighted by molar-refractivity contribution is 7.26. The quantitative estimate of drug-likeness (QED) is 0.193. The van der Waals surface area contributed by atoms with Gasteiger partial charge < -0.3 is 4.57 Å². The molecular weight excluding hydrogens is 563 g/mol. The number of thiophene rings is 1. The third-order valence-electron chi connectivity index (χ3n) is 9.90. The molecule has 9 aromatic rings. The van der Waals surface area contributed by atoms with E-state index in [0.29, 0.717) is 0 Å². The van der Waals surface area contributed by atoms with Crippen LogP contribution in [0.5, 0.6) is 0 Å². The maximum absolute atomic E-state index is 2.48. The van der Waals surface area contributed by atoms with E-state index < -0.39 is 5.41 Å². The number of nitrogens with zero attached hydrogens (tertiary/aromatic N) is 1. The summed E-state index contributed by atoms with van der Waals surface area (Å²) in [7, 11) is 0. The second-order valence-corrected chi connectivity index (χ2v) is 13.1. The Balaban J connectivity index is 1.26. The Morgan fingerprint density at radius 2 is 1.00 bits per heavy atom. The molecule has 0 atom stereocenters. The zero-order valence-corrected chi connectivity index (χ0v) is 25.3. The number of hydrogen-bond acceptors (Lipinski definition) is 1. The zero-order chi connectivity index (χ0) is 29.5. The van der Waals surface area contributed by atoms with Crippen LogP contribution in [-0.4, -0.2) is 4.57 Å². The van der Waals surface area contributed by atoms with Gasteiger partial charge in [-0.25, -0.2) is 0 Å². The standard InChI is InChI=1S/C43H27NS/c1-2-12-28(13-3-1)43(37-18-8-4-14-31(37)32-15-5-9-19-38(32)43)29-22-24-30(25-23-29)44-39-20-10-6-16-33(39)35-26-27-36-34-17-7-11-21-40(34)45-42(36)41(35)44/h1-27H. The van der Waals surface area contributed by atoms with Crippen LogP contribution in [0.15, 0.2) is 164 Å². The van der Waals surface area contributed by atoms with E-state index >= 15 is 0 Å². The maximum Gasteiger partial charge on any atom is 0.0719 e. The van der Waals surface area contributed by atoms with Gasteiger partial charge in [-0.3, -0.25) is 0 Å². The molecule has 0 saturated carbocycles. The molecule has 0 saturated heterocycles. The van der Waals surface area contributed by atoms with Crippen molar-refractivity contribution in [2.45, 2.75) is 5.41 Å². The molecule has 0 N–H and O–H groups in total. The smallest absolute Gasteiger partial charge is 0.0719 e. The molecule has 1 aliphatic carbocycles. The van der Waals surface area contributed by atoms with Crippen LogP contribution in [0.3, 0.4) is 0 Å². The summed E-state index contributed by atoms with van der Waals surface area (Å²) >= 11 is 1.90. The van der Waals surface area contributed by atoms with E-state index in [9.17, 15) is 0 Å². The lowest BCUT2D eigenvalue weighted by atomic mass is 9.68. The highest BCUT2D eigenvalue weighted by Crippen LogP contribution is 2.56. The van der Waals surface area contributed by atoms with E-state index in [1.807, 2.05) is 11.3 Å². The maximum atomic E-state index is 2.48. The van der Waals surface area contributed by atoms with Crippen LogP contribution < -0.4 is 0 Å². The minimum absolute atomic E-state index is 0.396. The molecule has 2 heteroatoms. The molecule has 7 aromatic carbocycles. The fourth-order valence-electron chi connectivity index (χ4n) is 8.07. The van der Waals surface area contributed by atoms with Crippen molar-refractivity contribution in [1.82, 2.24) is 4.57 Å². The van der Waals surface area contributed by atoms with E-state index in [1.54, 1.807) is 0 Å². The molecule has 10 rings (SSSR count). The fraction of sp³-hybridized carbons (Fsp3) is 0.0233. The van der Waals surface area contributed by atoms with Crippen LogP contribution in [0.1, 0.15) is 22.3 Å². The summed E-state index contributed by atoms with van der Waals surface area (Å²) in [5, 5.41) is 5.24.